The van der Waals surface area contributed by atoms with Crippen LogP contribution in [0.25, 0.3) is 0 Å². The third-order valence-electron chi connectivity index (χ3n) is 6.65. The molecule has 1 saturated heterocycles. The number of halogens is 1. The number of nitrogens with zero attached hydrogens (tertiary/aromatic N) is 2. The number of aromatic nitrogens is 1. The Morgan fingerprint density at radius 1 is 1.14 bits per heavy atom. The molecule has 2 aromatic rings. The monoisotopic (exact) mass is 514 g/mol. The summed E-state index contributed by atoms with van der Waals surface area (Å²) in [5, 5.41) is 11.8. The fraction of sp³-hybridized carbons (Fsp3) is 0.417. The van der Waals surface area contributed by atoms with Gasteiger partial charge in [-0.3, -0.25) is 24.0 Å². The fourth-order valence-electron chi connectivity index (χ4n) is 4.60. The van der Waals surface area contributed by atoms with Gasteiger partial charge in [0, 0.05) is 25.1 Å². The van der Waals surface area contributed by atoms with E-state index in [4.69, 9.17) is 10.3 Å². The average molecular weight is 515 g/mol. The Morgan fingerprint density at radius 2 is 1.81 bits per heavy atom. The van der Waals surface area contributed by atoms with Crippen molar-refractivity contribution in [3.05, 3.63) is 52.7 Å². The van der Waals surface area contributed by atoms with Crippen LogP contribution in [0.3, 0.4) is 0 Å². The molecule has 1 unspecified atom stereocenters. The fourth-order valence-corrected chi connectivity index (χ4v) is 4.60. The molecule has 1 atom stereocenters. The molecule has 5 amide bonds. The number of hydrogen-bond donors (Lipinski definition) is 4. The van der Waals surface area contributed by atoms with Crippen LogP contribution in [0.1, 0.15) is 57.9 Å². The Kier molecular flexibility index (Phi) is 7.23. The van der Waals surface area contributed by atoms with Crippen LogP contribution in [0.4, 0.5) is 4.39 Å². The lowest BCUT2D eigenvalue weighted by molar-refractivity contribution is -0.131. The number of carbonyl (C=O) groups excluding carboxylic acids is 5. The van der Waals surface area contributed by atoms with Crippen LogP contribution in [0.2, 0.25) is 0 Å². The Balaban J connectivity index is 1.60. The lowest BCUT2D eigenvalue weighted by Crippen LogP contribution is -2.59. The van der Waals surface area contributed by atoms with E-state index < -0.39 is 47.4 Å². The van der Waals surface area contributed by atoms with E-state index in [2.05, 4.69) is 21.1 Å². The van der Waals surface area contributed by atoms with Crippen molar-refractivity contribution in [1.29, 1.82) is 0 Å². The molecule has 0 aliphatic carbocycles. The molecule has 1 aromatic heterocycles. The zero-order valence-electron chi connectivity index (χ0n) is 20.1. The van der Waals surface area contributed by atoms with Crippen molar-refractivity contribution in [3.63, 3.8) is 0 Å². The van der Waals surface area contributed by atoms with Gasteiger partial charge in [-0.05, 0) is 44.0 Å². The molecule has 1 spiro atoms. The number of primary amides is 1. The second-order valence-corrected chi connectivity index (χ2v) is 9.28. The summed E-state index contributed by atoms with van der Waals surface area (Å²) < 4.78 is 18.5. The van der Waals surface area contributed by atoms with Gasteiger partial charge >= 0.3 is 0 Å². The van der Waals surface area contributed by atoms with Crippen molar-refractivity contribution in [1.82, 2.24) is 26.0 Å². The number of benzene rings is 1. The van der Waals surface area contributed by atoms with E-state index >= 15 is 0 Å². The van der Waals surface area contributed by atoms with Crippen molar-refractivity contribution in [2.75, 3.05) is 13.1 Å². The van der Waals surface area contributed by atoms with Gasteiger partial charge in [0.25, 0.3) is 11.8 Å². The molecule has 1 fully saturated rings. The van der Waals surface area contributed by atoms with Gasteiger partial charge in [-0.25, -0.2) is 4.39 Å². The van der Waals surface area contributed by atoms with Crippen LogP contribution in [-0.4, -0.2) is 64.3 Å². The predicted molar refractivity (Wildman–Crippen MR) is 125 cm³/mol. The first-order valence-electron chi connectivity index (χ1n) is 11.7. The minimum Gasteiger partial charge on any atom is -0.368 e. The highest BCUT2D eigenvalue weighted by molar-refractivity contribution is 5.98. The maximum atomic E-state index is 13.3. The van der Waals surface area contributed by atoms with Gasteiger partial charge in [-0.2, -0.15) is 0 Å². The topological polar surface area (TPSA) is 177 Å². The summed E-state index contributed by atoms with van der Waals surface area (Å²) in [4.78, 5) is 65.0. The van der Waals surface area contributed by atoms with Gasteiger partial charge in [0.2, 0.25) is 17.7 Å². The maximum absolute atomic E-state index is 13.3. The highest BCUT2D eigenvalue weighted by Crippen LogP contribution is 2.29. The van der Waals surface area contributed by atoms with Gasteiger partial charge in [-0.15, -0.1) is 0 Å². The molecular formula is C24H27FN6O6. The molecule has 2 aliphatic heterocycles. The number of hydrogen-bond acceptors (Lipinski definition) is 7. The Morgan fingerprint density at radius 3 is 2.46 bits per heavy atom. The summed E-state index contributed by atoms with van der Waals surface area (Å²) >= 11 is 0. The highest BCUT2D eigenvalue weighted by Gasteiger charge is 2.41. The first kappa shape index (κ1) is 25.8. The van der Waals surface area contributed by atoms with E-state index in [0.29, 0.717) is 11.3 Å². The molecule has 0 radical (unpaired) electrons. The van der Waals surface area contributed by atoms with Crippen molar-refractivity contribution in [2.24, 2.45) is 5.73 Å². The lowest BCUT2D eigenvalue weighted by Gasteiger charge is -2.42. The summed E-state index contributed by atoms with van der Waals surface area (Å²) in [6, 6.07) is 3.94. The SMILES string of the molecule is Cc1noc2c1C(=O)NC1(CCN(C(=O)c3ccc(F)cc3)CC1)CC(=O)NC(C(N)=O)CC(=O)NC2. The lowest BCUT2D eigenvalue weighted by atomic mass is 9.83. The van der Waals surface area contributed by atoms with Gasteiger partial charge in [-0.1, -0.05) is 5.16 Å². The molecule has 13 heteroatoms. The second kappa shape index (κ2) is 10.4. The van der Waals surface area contributed by atoms with Gasteiger partial charge in [0.15, 0.2) is 5.76 Å². The first-order valence-corrected chi connectivity index (χ1v) is 11.7. The number of nitrogens with two attached hydrogens (primary N) is 1. The Bertz CT molecular complexity index is 1230. The summed E-state index contributed by atoms with van der Waals surface area (Å²) in [6.45, 7) is 1.83. The zero-order chi connectivity index (χ0) is 26.7. The number of piperidine rings is 1. The number of amides is 5. The van der Waals surface area contributed by atoms with Gasteiger partial charge in [0.05, 0.1) is 24.2 Å². The molecule has 5 N–H and O–H groups in total. The third kappa shape index (κ3) is 5.76. The molecule has 1 aromatic carbocycles. The molecule has 0 saturated carbocycles. The Labute approximate surface area is 211 Å². The van der Waals surface area contributed by atoms with E-state index in [1.54, 1.807) is 11.8 Å². The zero-order valence-corrected chi connectivity index (χ0v) is 20.1. The van der Waals surface area contributed by atoms with E-state index in [9.17, 15) is 28.4 Å². The van der Waals surface area contributed by atoms with E-state index in [-0.39, 0.29) is 56.1 Å². The second-order valence-electron chi connectivity index (χ2n) is 9.28. The molecule has 2 aliphatic rings. The minimum atomic E-state index is -1.25. The smallest absolute Gasteiger partial charge is 0.257 e. The van der Waals surface area contributed by atoms with Gasteiger partial charge < -0.3 is 31.1 Å². The van der Waals surface area contributed by atoms with E-state index in [1.165, 1.54) is 24.3 Å². The van der Waals surface area contributed by atoms with Crippen LogP contribution >= 0.6 is 0 Å². The summed E-state index contributed by atoms with van der Waals surface area (Å²) in [6.07, 6.45) is -0.172. The van der Waals surface area contributed by atoms with Crippen LogP contribution < -0.4 is 21.7 Å². The molecule has 0 bridgehead atoms. The first-order chi connectivity index (χ1) is 17.6. The molecular weight excluding hydrogens is 487 g/mol. The molecule has 196 valence electrons. The highest BCUT2D eigenvalue weighted by atomic mass is 19.1. The predicted octanol–water partition coefficient (Wildman–Crippen LogP) is -0.0930. The summed E-state index contributed by atoms with van der Waals surface area (Å²) in [7, 11) is 0. The summed E-state index contributed by atoms with van der Waals surface area (Å²) in [5.74, 6) is -3.22. The summed E-state index contributed by atoms with van der Waals surface area (Å²) in [5.41, 5.74) is 5.07. The van der Waals surface area contributed by atoms with Crippen molar-refractivity contribution in [3.8, 4) is 0 Å². The van der Waals surface area contributed by atoms with Crippen LogP contribution in [-0.2, 0) is 20.9 Å². The number of carbonyl (C=O) groups is 5. The largest absolute Gasteiger partial charge is 0.368 e. The normalized spacial score (nSPS) is 20.4. The van der Waals surface area contributed by atoms with E-state index in [1.807, 2.05) is 0 Å². The van der Waals surface area contributed by atoms with Crippen molar-refractivity contribution < 1.29 is 32.9 Å². The molecule has 37 heavy (non-hydrogen) atoms. The number of nitrogens with one attached hydrogen (secondary N) is 3. The van der Waals surface area contributed by atoms with Crippen LogP contribution in [0.5, 0.6) is 0 Å². The number of rotatable bonds is 2. The number of aryl methyl sites for hydroxylation is 1. The van der Waals surface area contributed by atoms with Crippen molar-refractivity contribution in [2.45, 2.75) is 50.7 Å². The molecule has 3 heterocycles. The number of fused-ring (bicyclic) bond motifs is 1. The quantitative estimate of drug-likeness (QED) is 0.433. The minimum absolute atomic E-state index is 0.122. The molecule has 12 nitrogen and oxygen atoms in total. The van der Waals surface area contributed by atoms with Crippen LogP contribution in [0, 0.1) is 12.7 Å². The van der Waals surface area contributed by atoms with E-state index in [0.717, 1.165) is 0 Å². The van der Waals surface area contributed by atoms with Crippen molar-refractivity contribution >= 4 is 29.5 Å². The standard InChI is InChI=1S/C24H27FN6O6/c1-13-20-17(37-30-13)12-27-18(32)10-16(21(26)34)28-19(33)11-24(29-22(20)35)6-8-31(9-7-24)23(36)14-2-4-15(25)5-3-14/h2-5,16H,6-12H2,1H3,(H2,26,34)(H,27,32)(H,28,33)(H,29,35). The average Bonchev–Trinajstić information content (AvgIpc) is 3.22. The Hall–Kier alpha value is -4.29. The third-order valence-corrected chi connectivity index (χ3v) is 6.65. The van der Waals surface area contributed by atoms with Gasteiger partial charge in [0.1, 0.15) is 17.4 Å². The number of likely N-dealkylation sites (tertiary alicyclic amines) is 1. The molecule has 4 rings (SSSR count). The maximum Gasteiger partial charge on any atom is 0.257 e. The van der Waals surface area contributed by atoms with Crippen LogP contribution in [0.15, 0.2) is 28.8 Å².